The Morgan fingerprint density at radius 2 is 1.81 bits per heavy atom. The van der Waals surface area contributed by atoms with Crippen molar-refractivity contribution >= 4 is 11.6 Å². The number of aliphatic hydroxyl groups is 2. The van der Waals surface area contributed by atoms with Crippen LogP contribution in [0.15, 0.2) is 24.3 Å². The van der Waals surface area contributed by atoms with Gasteiger partial charge in [-0.1, -0.05) is 50.4 Å². The predicted octanol–water partition coefficient (Wildman–Crippen LogP) is 3.17. The van der Waals surface area contributed by atoms with E-state index in [0.717, 1.165) is 12.8 Å². The molecular formula is C13H19ClO2. The van der Waals surface area contributed by atoms with E-state index in [2.05, 4.69) is 0 Å². The average Bonchev–Trinajstić information content (AvgIpc) is 2.29. The molecule has 0 saturated heterocycles. The van der Waals surface area contributed by atoms with Gasteiger partial charge in [0.15, 0.2) is 0 Å². The van der Waals surface area contributed by atoms with E-state index in [4.69, 9.17) is 11.6 Å². The fourth-order valence-electron chi connectivity index (χ4n) is 1.92. The first-order chi connectivity index (χ1) is 7.60. The molecular weight excluding hydrogens is 224 g/mol. The SMILES string of the molecule is CCC(CC)C(O)C(O)c1cccc(Cl)c1. The van der Waals surface area contributed by atoms with Crippen LogP contribution >= 0.6 is 11.6 Å². The molecule has 0 spiro atoms. The van der Waals surface area contributed by atoms with E-state index in [1.165, 1.54) is 0 Å². The second-order valence-corrected chi connectivity index (χ2v) is 4.50. The van der Waals surface area contributed by atoms with Crippen LogP contribution in [0.2, 0.25) is 5.02 Å². The first kappa shape index (κ1) is 13.5. The topological polar surface area (TPSA) is 40.5 Å². The number of halogens is 1. The fourth-order valence-corrected chi connectivity index (χ4v) is 2.12. The molecule has 0 saturated carbocycles. The minimum Gasteiger partial charge on any atom is -0.390 e. The molecule has 0 amide bonds. The van der Waals surface area contributed by atoms with Gasteiger partial charge in [-0.3, -0.25) is 0 Å². The van der Waals surface area contributed by atoms with Crippen molar-refractivity contribution in [1.29, 1.82) is 0 Å². The number of aliphatic hydroxyl groups excluding tert-OH is 2. The second kappa shape index (κ2) is 6.24. The quantitative estimate of drug-likeness (QED) is 0.833. The van der Waals surface area contributed by atoms with Gasteiger partial charge in [0.1, 0.15) is 6.10 Å². The lowest BCUT2D eigenvalue weighted by molar-refractivity contribution is -0.0209. The van der Waals surface area contributed by atoms with E-state index in [1.807, 2.05) is 13.8 Å². The van der Waals surface area contributed by atoms with Crippen LogP contribution in [0.3, 0.4) is 0 Å². The lowest BCUT2D eigenvalue weighted by atomic mass is 9.90. The fraction of sp³-hybridized carbons (Fsp3) is 0.538. The molecule has 0 heterocycles. The zero-order chi connectivity index (χ0) is 12.1. The molecule has 2 nitrogen and oxygen atoms in total. The van der Waals surface area contributed by atoms with Crippen molar-refractivity contribution in [2.45, 2.75) is 38.9 Å². The van der Waals surface area contributed by atoms with Crippen molar-refractivity contribution in [3.63, 3.8) is 0 Å². The van der Waals surface area contributed by atoms with Gasteiger partial charge in [0, 0.05) is 5.02 Å². The van der Waals surface area contributed by atoms with Crippen LogP contribution in [0, 0.1) is 5.92 Å². The Morgan fingerprint density at radius 3 is 2.31 bits per heavy atom. The van der Waals surface area contributed by atoms with Crippen LogP contribution in [0.25, 0.3) is 0 Å². The first-order valence-corrected chi connectivity index (χ1v) is 6.09. The summed E-state index contributed by atoms with van der Waals surface area (Å²) in [6.07, 6.45) is 0.127. The molecule has 16 heavy (non-hydrogen) atoms. The molecule has 0 aromatic heterocycles. The van der Waals surface area contributed by atoms with Crippen molar-refractivity contribution in [2.75, 3.05) is 0 Å². The largest absolute Gasteiger partial charge is 0.390 e. The highest BCUT2D eigenvalue weighted by molar-refractivity contribution is 6.30. The Morgan fingerprint density at radius 1 is 1.19 bits per heavy atom. The van der Waals surface area contributed by atoms with Crippen molar-refractivity contribution < 1.29 is 10.2 Å². The molecule has 2 unspecified atom stereocenters. The van der Waals surface area contributed by atoms with E-state index in [1.54, 1.807) is 24.3 Å². The molecule has 2 atom stereocenters. The zero-order valence-corrected chi connectivity index (χ0v) is 10.5. The molecule has 3 heteroatoms. The Balaban J connectivity index is 2.80. The molecule has 1 rings (SSSR count). The molecule has 0 radical (unpaired) electrons. The van der Waals surface area contributed by atoms with Crippen LogP contribution in [0.5, 0.6) is 0 Å². The van der Waals surface area contributed by atoms with Crippen LogP contribution in [-0.4, -0.2) is 16.3 Å². The van der Waals surface area contributed by atoms with E-state index >= 15 is 0 Å². The molecule has 0 aliphatic heterocycles. The lowest BCUT2D eigenvalue weighted by Gasteiger charge is -2.25. The second-order valence-electron chi connectivity index (χ2n) is 4.07. The molecule has 1 aromatic carbocycles. The van der Waals surface area contributed by atoms with E-state index in [-0.39, 0.29) is 5.92 Å². The van der Waals surface area contributed by atoms with Crippen molar-refractivity contribution in [3.05, 3.63) is 34.9 Å². The maximum Gasteiger partial charge on any atom is 0.105 e. The van der Waals surface area contributed by atoms with Gasteiger partial charge in [-0.25, -0.2) is 0 Å². The van der Waals surface area contributed by atoms with Crippen LogP contribution in [0.4, 0.5) is 0 Å². The summed E-state index contributed by atoms with van der Waals surface area (Å²) in [7, 11) is 0. The Kier molecular flexibility index (Phi) is 5.26. The third-order valence-electron chi connectivity index (χ3n) is 3.05. The Labute approximate surface area is 102 Å². The summed E-state index contributed by atoms with van der Waals surface area (Å²) in [5, 5.41) is 20.6. The van der Waals surface area contributed by atoms with Crippen molar-refractivity contribution in [3.8, 4) is 0 Å². The zero-order valence-electron chi connectivity index (χ0n) is 9.73. The summed E-state index contributed by atoms with van der Waals surface area (Å²) < 4.78 is 0. The summed E-state index contributed by atoms with van der Waals surface area (Å²) in [4.78, 5) is 0. The Hall–Kier alpha value is -0.570. The van der Waals surface area contributed by atoms with Gasteiger partial charge in [-0.15, -0.1) is 0 Å². The number of benzene rings is 1. The number of rotatable bonds is 5. The molecule has 0 bridgehead atoms. The van der Waals surface area contributed by atoms with Gasteiger partial charge >= 0.3 is 0 Å². The normalized spacial score (nSPS) is 15.1. The lowest BCUT2D eigenvalue weighted by Crippen LogP contribution is -2.27. The third-order valence-corrected chi connectivity index (χ3v) is 3.28. The molecule has 0 fully saturated rings. The molecule has 90 valence electrons. The van der Waals surface area contributed by atoms with E-state index in [0.29, 0.717) is 10.6 Å². The molecule has 0 aliphatic carbocycles. The third kappa shape index (κ3) is 3.21. The van der Waals surface area contributed by atoms with Gasteiger partial charge in [-0.2, -0.15) is 0 Å². The van der Waals surface area contributed by atoms with Gasteiger partial charge < -0.3 is 10.2 Å². The summed E-state index contributed by atoms with van der Waals surface area (Å²) >= 11 is 5.85. The highest BCUT2D eigenvalue weighted by Crippen LogP contribution is 2.27. The number of hydrogen-bond donors (Lipinski definition) is 2. The summed E-state index contributed by atoms with van der Waals surface area (Å²) in [6.45, 7) is 4.03. The van der Waals surface area contributed by atoms with Crippen molar-refractivity contribution in [2.24, 2.45) is 5.92 Å². The first-order valence-electron chi connectivity index (χ1n) is 5.71. The van der Waals surface area contributed by atoms with Crippen molar-refractivity contribution in [1.82, 2.24) is 0 Å². The van der Waals surface area contributed by atoms with Crippen LogP contribution in [-0.2, 0) is 0 Å². The molecule has 2 N–H and O–H groups in total. The predicted molar refractivity (Wildman–Crippen MR) is 66.5 cm³/mol. The maximum atomic E-state index is 10.0. The molecule has 0 aliphatic rings. The highest BCUT2D eigenvalue weighted by Gasteiger charge is 2.24. The smallest absolute Gasteiger partial charge is 0.105 e. The average molecular weight is 243 g/mol. The number of hydrogen-bond acceptors (Lipinski definition) is 2. The standard InChI is InChI=1S/C13H19ClO2/c1-3-9(4-2)12(15)13(16)10-6-5-7-11(14)8-10/h5-9,12-13,15-16H,3-4H2,1-2H3. The summed E-state index contributed by atoms with van der Waals surface area (Å²) in [5.41, 5.74) is 0.673. The van der Waals surface area contributed by atoms with Crippen LogP contribution in [0.1, 0.15) is 38.4 Å². The monoisotopic (exact) mass is 242 g/mol. The van der Waals surface area contributed by atoms with Gasteiger partial charge in [0.05, 0.1) is 6.10 Å². The van der Waals surface area contributed by atoms with E-state index < -0.39 is 12.2 Å². The van der Waals surface area contributed by atoms with E-state index in [9.17, 15) is 10.2 Å². The highest BCUT2D eigenvalue weighted by atomic mass is 35.5. The van der Waals surface area contributed by atoms with Gasteiger partial charge in [0.25, 0.3) is 0 Å². The summed E-state index contributed by atoms with van der Waals surface area (Å²) in [5.74, 6) is 0.119. The van der Waals surface area contributed by atoms with Gasteiger partial charge in [0.2, 0.25) is 0 Å². The minimum absolute atomic E-state index is 0.119. The summed E-state index contributed by atoms with van der Waals surface area (Å²) in [6, 6.07) is 7.00. The Bertz CT molecular complexity index is 323. The minimum atomic E-state index is -0.858. The van der Waals surface area contributed by atoms with Gasteiger partial charge in [-0.05, 0) is 23.6 Å². The maximum absolute atomic E-state index is 10.0. The molecule has 1 aromatic rings. The van der Waals surface area contributed by atoms with Crippen LogP contribution < -0.4 is 0 Å².